The van der Waals surface area contributed by atoms with Crippen LogP contribution in [0.15, 0.2) is 0 Å². The predicted molar refractivity (Wildman–Crippen MR) is 61.6 cm³/mol. The molecular formula is C11H20F3N3O. The second-order valence-electron chi connectivity index (χ2n) is 5.21. The maximum atomic E-state index is 12.6. The summed E-state index contributed by atoms with van der Waals surface area (Å²) >= 11 is 0. The van der Waals surface area contributed by atoms with E-state index in [1.807, 2.05) is 0 Å². The molecule has 7 heteroatoms. The van der Waals surface area contributed by atoms with Crippen molar-refractivity contribution >= 4 is 5.91 Å². The maximum Gasteiger partial charge on any atom is 0.393 e. The minimum Gasteiger partial charge on any atom is -0.368 e. The molecule has 0 saturated carbocycles. The van der Waals surface area contributed by atoms with Crippen LogP contribution in [-0.4, -0.2) is 42.2 Å². The monoisotopic (exact) mass is 267 g/mol. The number of carbonyl (C=O) groups is 1. The molecular weight excluding hydrogens is 247 g/mol. The van der Waals surface area contributed by atoms with Gasteiger partial charge < -0.3 is 16.4 Å². The summed E-state index contributed by atoms with van der Waals surface area (Å²) in [6, 6.07) is 0. The third-order valence-electron chi connectivity index (χ3n) is 3.48. The Morgan fingerprint density at radius 1 is 1.44 bits per heavy atom. The van der Waals surface area contributed by atoms with Gasteiger partial charge in [0, 0.05) is 13.1 Å². The number of piperidine rings is 1. The van der Waals surface area contributed by atoms with Crippen LogP contribution in [0.2, 0.25) is 0 Å². The number of likely N-dealkylation sites (tertiary alicyclic amines) is 1. The highest BCUT2D eigenvalue weighted by molar-refractivity contribution is 5.83. The lowest BCUT2D eigenvalue weighted by molar-refractivity contribution is -0.186. The molecule has 1 heterocycles. The molecule has 0 aliphatic carbocycles. The van der Waals surface area contributed by atoms with E-state index in [1.165, 1.54) is 6.92 Å². The zero-order valence-electron chi connectivity index (χ0n) is 10.5. The van der Waals surface area contributed by atoms with E-state index in [2.05, 4.69) is 0 Å². The smallest absolute Gasteiger partial charge is 0.368 e. The Labute approximate surface area is 104 Å². The van der Waals surface area contributed by atoms with Gasteiger partial charge in [0.2, 0.25) is 5.91 Å². The lowest BCUT2D eigenvalue weighted by atomic mass is 9.94. The number of hydrogen-bond acceptors (Lipinski definition) is 3. The van der Waals surface area contributed by atoms with Crippen LogP contribution in [0.4, 0.5) is 13.2 Å². The number of hydrogen-bond donors (Lipinski definition) is 2. The Kier molecular flexibility index (Phi) is 4.61. The van der Waals surface area contributed by atoms with Gasteiger partial charge in [-0.2, -0.15) is 13.2 Å². The maximum absolute atomic E-state index is 12.6. The summed E-state index contributed by atoms with van der Waals surface area (Å²) in [7, 11) is 0. The summed E-state index contributed by atoms with van der Waals surface area (Å²) in [5, 5.41) is 0. The van der Waals surface area contributed by atoms with Crippen LogP contribution in [0.3, 0.4) is 0 Å². The largest absolute Gasteiger partial charge is 0.393 e. The minimum atomic E-state index is -4.14. The van der Waals surface area contributed by atoms with Crippen molar-refractivity contribution in [2.45, 2.75) is 37.9 Å². The van der Waals surface area contributed by atoms with Gasteiger partial charge >= 0.3 is 6.18 Å². The first-order valence-electron chi connectivity index (χ1n) is 6.01. The first-order chi connectivity index (χ1) is 8.13. The highest BCUT2D eigenvalue weighted by atomic mass is 19.4. The van der Waals surface area contributed by atoms with E-state index < -0.39 is 23.5 Å². The normalized spacial score (nSPS) is 25.7. The van der Waals surface area contributed by atoms with Crippen LogP contribution in [-0.2, 0) is 4.79 Å². The van der Waals surface area contributed by atoms with Crippen molar-refractivity contribution < 1.29 is 18.0 Å². The second-order valence-corrected chi connectivity index (χ2v) is 5.21. The fourth-order valence-electron chi connectivity index (χ4n) is 2.04. The molecule has 0 aromatic carbocycles. The Balaban J connectivity index is 2.47. The highest BCUT2D eigenvalue weighted by Crippen LogP contribution is 2.33. The number of alkyl halides is 3. The Morgan fingerprint density at radius 3 is 2.56 bits per heavy atom. The summed E-state index contributed by atoms with van der Waals surface area (Å²) in [6.45, 7) is 2.46. The molecule has 0 spiro atoms. The van der Waals surface area contributed by atoms with Crippen LogP contribution < -0.4 is 11.5 Å². The molecule has 1 amide bonds. The van der Waals surface area contributed by atoms with Crippen LogP contribution in [0.25, 0.3) is 0 Å². The first kappa shape index (κ1) is 15.2. The fraction of sp³-hybridized carbons (Fsp3) is 0.909. The van der Waals surface area contributed by atoms with Gasteiger partial charge in [0.1, 0.15) is 0 Å². The van der Waals surface area contributed by atoms with Gasteiger partial charge in [-0.15, -0.1) is 0 Å². The van der Waals surface area contributed by atoms with Gasteiger partial charge in [0.15, 0.2) is 0 Å². The van der Waals surface area contributed by atoms with E-state index in [-0.39, 0.29) is 19.4 Å². The highest BCUT2D eigenvalue weighted by Gasteiger charge is 2.41. The molecule has 0 radical (unpaired) electrons. The van der Waals surface area contributed by atoms with Crippen LogP contribution >= 0.6 is 0 Å². The quantitative estimate of drug-likeness (QED) is 0.793. The lowest BCUT2D eigenvalue weighted by Crippen LogP contribution is -2.52. The summed E-state index contributed by atoms with van der Waals surface area (Å²) in [5.74, 6) is -1.91. The lowest BCUT2D eigenvalue weighted by Gasteiger charge is -2.35. The predicted octanol–water partition coefficient (Wildman–Crippen LogP) is 0.854. The minimum absolute atomic E-state index is 0.0155. The van der Waals surface area contributed by atoms with Gasteiger partial charge in [-0.3, -0.25) is 4.79 Å². The number of nitrogens with two attached hydrogens (primary N) is 2. The van der Waals surface area contributed by atoms with Crippen molar-refractivity contribution in [2.75, 3.05) is 19.6 Å². The third kappa shape index (κ3) is 4.13. The Bertz CT molecular complexity index is 304. The molecule has 1 fully saturated rings. The average molecular weight is 267 g/mol. The van der Waals surface area contributed by atoms with E-state index in [0.29, 0.717) is 19.5 Å². The topological polar surface area (TPSA) is 72.3 Å². The number of halogens is 3. The van der Waals surface area contributed by atoms with Crippen molar-refractivity contribution in [1.82, 2.24) is 4.90 Å². The molecule has 1 aliphatic rings. The molecule has 1 rings (SSSR count). The van der Waals surface area contributed by atoms with Crippen LogP contribution in [0, 0.1) is 5.92 Å². The van der Waals surface area contributed by atoms with Gasteiger partial charge in [0.25, 0.3) is 0 Å². The van der Waals surface area contributed by atoms with Crippen LogP contribution in [0.5, 0.6) is 0 Å². The number of primary amides is 1. The van der Waals surface area contributed by atoms with Crippen molar-refractivity contribution in [3.05, 3.63) is 0 Å². The third-order valence-corrected chi connectivity index (χ3v) is 3.48. The number of amides is 1. The fourth-order valence-corrected chi connectivity index (χ4v) is 2.04. The van der Waals surface area contributed by atoms with Crippen molar-refractivity contribution in [2.24, 2.45) is 17.4 Å². The zero-order chi connectivity index (χ0) is 14.0. The van der Waals surface area contributed by atoms with Crippen molar-refractivity contribution in [3.8, 4) is 0 Å². The number of rotatable bonds is 4. The summed E-state index contributed by atoms with van der Waals surface area (Å²) in [6.07, 6.45) is -3.18. The van der Waals surface area contributed by atoms with Gasteiger partial charge in [-0.05, 0) is 32.7 Å². The van der Waals surface area contributed by atoms with Crippen molar-refractivity contribution in [3.63, 3.8) is 0 Å². The molecule has 2 unspecified atom stereocenters. The first-order valence-corrected chi connectivity index (χ1v) is 6.01. The van der Waals surface area contributed by atoms with E-state index in [1.54, 1.807) is 4.90 Å². The summed E-state index contributed by atoms with van der Waals surface area (Å²) in [5.41, 5.74) is 9.63. The molecule has 1 saturated heterocycles. The van der Waals surface area contributed by atoms with E-state index >= 15 is 0 Å². The Morgan fingerprint density at radius 2 is 2.06 bits per heavy atom. The molecule has 18 heavy (non-hydrogen) atoms. The van der Waals surface area contributed by atoms with E-state index in [0.717, 1.165) is 0 Å². The number of nitrogens with zero attached hydrogens (tertiary/aromatic N) is 1. The second kappa shape index (κ2) is 5.44. The molecule has 2 atom stereocenters. The van der Waals surface area contributed by atoms with Crippen molar-refractivity contribution in [1.29, 1.82) is 0 Å². The van der Waals surface area contributed by atoms with Gasteiger partial charge in [0.05, 0.1) is 11.5 Å². The molecule has 0 aromatic heterocycles. The summed E-state index contributed by atoms with van der Waals surface area (Å²) in [4.78, 5) is 12.7. The molecule has 1 aliphatic heterocycles. The molecule has 0 bridgehead atoms. The van der Waals surface area contributed by atoms with E-state index in [4.69, 9.17) is 11.5 Å². The molecule has 0 aromatic rings. The molecule has 4 nitrogen and oxygen atoms in total. The van der Waals surface area contributed by atoms with Gasteiger partial charge in [-0.1, -0.05) is 0 Å². The zero-order valence-corrected chi connectivity index (χ0v) is 10.5. The standard InChI is InChI=1S/C11H20F3N3O/c1-10(16,9(15)18)4-6-17-5-2-3-8(7-17)11(12,13)14/h8H,2-7,16H2,1H3,(H2,15,18). The average Bonchev–Trinajstić information content (AvgIpc) is 2.25. The molecule has 4 N–H and O–H groups in total. The van der Waals surface area contributed by atoms with Gasteiger partial charge in [-0.25, -0.2) is 0 Å². The molecule has 106 valence electrons. The summed E-state index contributed by atoms with van der Waals surface area (Å²) < 4.78 is 37.8. The van der Waals surface area contributed by atoms with E-state index in [9.17, 15) is 18.0 Å². The van der Waals surface area contributed by atoms with Crippen LogP contribution in [0.1, 0.15) is 26.2 Å². The SMILES string of the molecule is CC(N)(CCN1CCCC(C(F)(F)F)C1)C(N)=O. The number of carbonyl (C=O) groups excluding carboxylic acids is 1. The Hall–Kier alpha value is -0.820.